The number of benzene rings is 3. The number of anilines is 1. The SMILES string of the molecule is CC(C)c1ccc(N2C(=O)CC(N(CCc3ccc(S(N)(=O)=O)cc3)S(=O)(=O)c3ccc(Cl)cc3)C2=O)cc1. The van der Waals surface area contributed by atoms with Crippen LogP contribution in [0.2, 0.25) is 5.02 Å². The number of hydrogen-bond acceptors (Lipinski definition) is 6. The smallest absolute Gasteiger partial charge is 0.252 e. The Balaban J connectivity index is 1.66. The van der Waals surface area contributed by atoms with Gasteiger partial charge in [0.05, 0.1) is 21.9 Å². The molecule has 1 fully saturated rings. The van der Waals surface area contributed by atoms with Gasteiger partial charge in [-0.3, -0.25) is 9.59 Å². The van der Waals surface area contributed by atoms with E-state index in [4.69, 9.17) is 16.7 Å². The largest absolute Gasteiger partial charge is 0.274 e. The van der Waals surface area contributed by atoms with E-state index in [0.717, 1.165) is 14.8 Å². The predicted octanol–water partition coefficient (Wildman–Crippen LogP) is 3.68. The Morgan fingerprint density at radius 3 is 2.00 bits per heavy atom. The fraction of sp³-hybridized carbons (Fsp3) is 0.259. The molecule has 1 atom stereocenters. The summed E-state index contributed by atoms with van der Waals surface area (Å²) in [6, 6.07) is 17.0. The summed E-state index contributed by atoms with van der Waals surface area (Å²) in [6.07, 6.45) is -0.166. The van der Waals surface area contributed by atoms with Crippen LogP contribution in [0.1, 0.15) is 37.3 Å². The first-order chi connectivity index (χ1) is 18.3. The van der Waals surface area contributed by atoms with Crippen molar-refractivity contribution in [1.82, 2.24) is 4.31 Å². The van der Waals surface area contributed by atoms with E-state index in [0.29, 0.717) is 16.3 Å². The number of imide groups is 1. The van der Waals surface area contributed by atoms with Gasteiger partial charge >= 0.3 is 0 Å². The van der Waals surface area contributed by atoms with Crippen molar-refractivity contribution in [3.05, 3.63) is 88.9 Å². The lowest BCUT2D eigenvalue weighted by molar-refractivity contribution is -0.122. The molecule has 1 aliphatic heterocycles. The zero-order valence-electron chi connectivity index (χ0n) is 21.3. The van der Waals surface area contributed by atoms with Crippen LogP contribution in [0.15, 0.2) is 82.6 Å². The number of sulfonamides is 2. The maximum Gasteiger partial charge on any atom is 0.252 e. The average Bonchev–Trinajstić information content (AvgIpc) is 3.17. The second kappa shape index (κ2) is 11.2. The van der Waals surface area contributed by atoms with E-state index in [-0.39, 0.29) is 35.1 Å². The molecule has 1 aliphatic rings. The fourth-order valence-electron chi connectivity index (χ4n) is 4.39. The monoisotopic (exact) mass is 589 g/mol. The molecule has 0 bridgehead atoms. The molecule has 0 spiro atoms. The first-order valence-electron chi connectivity index (χ1n) is 12.1. The van der Waals surface area contributed by atoms with Crippen LogP contribution in [0.4, 0.5) is 5.69 Å². The van der Waals surface area contributed by atoms with E-state index in [1.165, 1.54) is 48.5 Å². The number of amides is 2. The van der Waals surface area contributed by atoms with Crippen molar-refractivity contribution in [2.24, 2.45) is 5.14 Å². The molecule has 0 aliphatic carbocycles. The summed E-state index contributed by atoms with van der Waals surface area (Å²) in [5.41, 5.74) is 2.03. The minimum Gasteiger partial charge on any atom is -0.274 e. The van der Waals surface area contributed by atoms with Crippen LogP contribution in [-0.2, 0) is 36.1 Å². The van der Waals surface area contributed by atoms with Crippen molar-refractivity contribution in [2.45, 2.75) is 48.4 Å². The van der Waals surface area contributed by atoms with Crippen molar-refractivity contribution in [1.29, 1.82) is 0 Å². The van der Waals surface area contributed by atoms with Crippen molar-refractivity contribution < 1.29 is 26.4 Å². The number of nitrogens with zero attached hydrogens (tertiary/aromatic N) is 2. The zero-order chi connectivity index (χ0) is 28.5. The zero-order valence-corrected chi connectivity index (χ0v) is 23.7. The lowest BCUT2D eigenvalue weighted by Crippen LogP contribution is -2.46. The van der Waals surface area contributed by atoms with Gasteiger partial charge in [0, 0.05) is 11.6 Å². The highest BCUT2D eigenvalue weighted by atomic mass is 35.5. The third kappa shape index (κ3) is 6.23. The van der Waals surface area contributed by atoms with Crippen LogP contribution in [0.3, 0.4) is 0 Å². The molecule has 1 unspecified atom stereocenters. The van der Waals surface area contributed by atoms with Crippen LogP contribution >= 0.6 is 11.6 Å². The highest BCUT2D eigenvalue weighted by Gasteiger charge is 2.46. The lowest BCUT2D eigenvalue weighted by Gasteiger charge is -2.27. The Morgan fingerprint density at radius 2 is 1.46 bits per heavy atom. The third-order valence-electron chi connectivity index (χ3n) is 6.58. The molecular weight excluding hydrogens is 562 g/mol. The predicted molar refractivity (Wildman–Crippen MR) is 148 cm³/mol. The van der Waals surface area contributed by atoms with E-state index in [1.807, 2.05) is 26.0 Å². The second-order valence-electron chi connectivity index (χ2n) is 9.54. The molecule has 2 N–H and O–H groups in total. The molecule has 206 valence electrons. The van der Waals surface area contributed by atoms with Crippen LogP contribution in [0.5, 0.6) is 0 Å². The Morgan fingerprint density at radius 1 is 0.897 bits per heavy atom. The molecule has 39 heavy (non-hydrogen) atoms. The van der Waals surface area contributed by atoms with Gasteiger partial charge in [-0.05, 0) is 72.0 Å². The van der Waals surface area contributed by atoms with E-state index in [1.54, 1.807) is 12.1 Å². The Kier molecular flexibility index (Phi) is 8.29. The van der Waals surface area contributed by atoms with Gasteiger partial charge in [0.25, 0.3) is 5.91 Å². The molecule has 0 radical (unpaired) electrons. The Labute approximate surface area is 233 Å². The Bertz CT molecular complexity index is 1590. The normalized spacial score (nSPS) is 16.5. The summed E-state index contributed by atoms with van der Waals surface area (Å²) in [4.78, 5) is 27.5. The topological polar surface area (TPSA) is 135 Å². The first kappa shape index (κ1) is 28.9. The third-order valence-corrected chi connectivity index (χ3v) is 9.68. The minimum atomic E-state index is -4.22. The standard InChI is InChI=1S/C27H28ClN3O6S2/c1-18(2)20-5-9-22(10-6-20)31-26(32)17-25(27(31)33)30(39(36,37)24-13-7-21(28)8-14-24)16-15-19-3-11-23(12-4-19)38(29,34)35/h3-14,18,25H,15-17H2,1-2H3,(H2,29,34,35). The van der Waals surface area contributed by atoms with Gasteiger partial charge in [-0.1, -0.05) is 49.7 Å². The highest BCUT2D eigenvalue weighted by Crippen LogP contribution is 2.31. The van der Waals surface area contributed by atoms with E-state index >= 15 is 0 Å². The Hall–Kier alpha value is -3.09. The summed E-state index contributed by atoms with van der Waals surface area (Å²) in [7, 11) is -8.11. The highest BCUT2D eigenvalue weighted by molar-refractivity contribution is 7.89. The molecule has 1 heterocycles. The molecular formula is C27H28ClN3O6S2. The maximum absolute atomic E-state index is 13.8. The number of halogens is 1. The van der Waals surface area contributed by atoms with Gasteiger partial charge in [0.15, 0.2) is 0 Å². The van der Waals surface area contributed by atoms with E-state index in [2.05, 4.69) is 0 Å². The molecule has 3 aromatic carbocycles. The molecule has 3 aromatic rings. The van der Waals surface area contributed by atoms with Crippen molar-refractivity contribution in [2.75, 3.05) is 11.4 Å². The number of nitrogens with two attached hydrogens (primary N) is 1. The van der Waals surface area contributed by atoms with Crippen molar-refractivity contribution >= 4 is 49.1 Å². The molecule has 9 nitrogen and oxygen atoms in total. The van der Waals surface area contributed by atoms with Crippen LogP contribution in [0.25, 0.3) is 0 Å². The minimum absolute atomic E-state index is 0.0727. The van der Waals surface area contributed by atoms with Gasteiger partial charge in [-0.2, -0.15) is 4.31 Å². The molecule has 4 rings (SSSR count). The lowest BCUT2D eigenvalue weighted by atomic mass is 10.0. The molecule has 12 heteroatoms. The van der Waals surface area contributed by atoms with Crippen LogP contribution in [0, 0.1) is 0 Å². The van der Waals surface area contributed by atoms with Gasteiger partial charge in [-0.15, -0.1) is 0 Å². The fourth-order valence-corrected chi connectivity index (χ4v) is 6.61. The number of carbonyl (C=O) groups is 2. The van der Waals surface area contributed by atoms with Gasteiger partial charge in [0.2, 0.25) is 26.0 Å². The second-order valence-corrected chi connectivity index (χ2v) is 13.4. The van der Waals surface area contributed by atoms with Gasteiger partial charge in [-0.25, -0.2) is 26.9 Å². The first-order valence-corrected chi connectivity index (χ1v) is 15.5. The molecule has 2 amide bonds. The van der Waals surface area contributed by atoms with Crippen molar-refractivity contribution in [3.8, 4) is 0 Å². The summed E-state index contributed by atoms with van der Waals surface area (Å²) in [5.74, 6) is -0.883. The average molecular weight is 590 g/mol. The number of carbonyl (C=O) groups excluding carboxylic acids is 2. The maximum atomic E-state index is 13.8. The molecule has 0 aromatic heterocycles. The number of rotatable bonds is 9. The number of primary sulfonamides is 1. The molecule has 1 saturated heterocycles. The quantitative estimate of drug-likeness (QED) is 0.378. The van der Waals surface area contributed by atoms with Crippen LogP contribution < -0.4 is 10.0 Å². The molecule has 0 saturated carbocycles. The summed E-state index contributed by atoms with van der Waals surface area (Å²) in [6.45, 7) is 3.92. The van der Waals surface area contributed by atoms with Gasteiger partial charge < -0.3 is 0 Å². The van der Waals surface area contributed by atoms with Crippen molar-refractivity contribution in [3.63, 3.8) is 0 Å². The summed E-state index contributed by atoms with van der Waals surface area (Å²) in [5, 5.41) is 5.50. The number of hydrogen-bond donors (Lipinski definition) is 1. The van der Waals surface area contributed by atoms with Gasteiger partial charge in [0.1, 0.15) is 6.04 Å². The van der Waals surface area contributed by atoms with Crippen LogP contribution in [-0.4, -0.2) is 45.5 Å². The van der Waals surface area contributed by atoms with E-state index in [9.17, 15) is 26.4 Å². The summed E-state index contributed by atoms with van der Waals surface area (Å²) < 4.78 is 51.7. The van der Waals surface area contributed by atoms with E-state index < -0.39 is 37.9 Å². The summed E-state index contributed by atoms with van der Waals surface area (Å²) >= 11 is 5.95.